The maximum absolute atomic E-state index is 5.37. The van der Waals surface area contributed by atoms with Gasteiger partial charge in [-0.25, -0.2) is 0 Å². The molecule has 3 aromatic heterocycles. The Morgan fingerprint density at radius 2 is 1.82 bits per heavy atom. The topological polar surface area (TPSA) is 80.5 Å². The normalized spacial score (nSPS) is 10.7. The SMILES string of the molecule is c1cncc(-c2noc(-c3cccc(-c4cn[nH]c4)c3)n2)c1. The van der Waals surface area contributed by atoms with Gasteiger partial charge in [-0.05, 0) is 29.8 Å². The number of pyridine rings is 1. The minimum atomic E-state index is 0.476. The molecular weight excluding hydrogens is 278 g/mol. The summed E-state index contributed by atoms with van der Waals surface area (Å²) in [6.07, 6.45) is 7.03. The van der Waals surface area contributed by atoms with Crippen molar-refractivity contribution in [3.8, 4) is 34.0 Å². The van der Waals surface area contributed by atoms with Crippen molar-refractivity contribution in [2.24, 2.45) is 0 Å². The quantitative estimate of drug-likeness (QED) is 0.626. The van der Waals surface area contributed by atoms with E-state index in [4.69, 9.17) is 4.52 Å². The predicted octanol–water partition coefficient (Wildman–Crippen LogP) is 3.19. The van der Waals surface area contributed by atoms with Crippen molar-refractivity contribution < 1.29 is 4.52 Å². The van der Waals surface area contributed by atoms with Gasteiger partial charge in [0.1, 0.15) is 0 Å². The lowest BCUT2D eigenvalue weighted by Gasteiger charge is -1.99. The zero-order valence-corrected chi connectivity index (χ0v) is 11.5. The number of aromatic nitrogens is 5. The van der Waals surface area contributed by atoms with E-state index in [1.54, 1.807) is 18.6 Å². The Morgan fingerprint density at radius 3 is 2.64 bits per heavy atom. The highest BCUT2D eigenvalue weighted by Crippen LogP contribution is 2.26. The molecule has 4 rings (SSSR count). The van der Waals surface area contributed by atoms with Gasteiger partial charge in [0.2, 0.25) is 5.82 Å². The first-order chi connectivity index (χ1) is 10.9. The van der Waals surface area contributed by atoms with Crippen molar-refractivity contribution in [1.82, 2.24) is 25.3 Å². The van der Waals surface area contributed by atoms with E-state index in [2.05, 4.69) is 25.3 Å². The molecule has 0 saturated heterocycles. The van der Waals surface area contributed by atoms with Crippen molar-refractivity contribution >= 4 is 0 Å². The highest BCUT2D eigenvalue weighted by atomic mass is 16.5. The highest BCUT2D eigenvalue weighted by Gasteiger charge is 2.11. The van der Waals surface area contributed by atoms with Crippen molar-refractivity contribution in [2.45, 2.75) is 0 Å². The monoisotopic (exact) mass is 289 g/mol. The van der Waals surface area contributed by atoms with Crippen LogP contribution < -0.4 is 0 Å². The van der Waals surface area contributed by atoms with Crippen molar-refractivity contribution in [3.63, 3.8) is 0 Å². The fourth-order valence-electron chi connectivity index (χ4n) is 2.19. The van der Waals surface area contributed by atoms with Crippen LogP contribution in [0.5, 0.6) is 0 Å². The van der Waals surface area contributed by atoms with Gasteiger partial charge < -0.3 is 4.52 Å². The molecule has 0 saturated carbocycles. The number of aromatic amines is 1. The standard InChI is InChI=1S/C16H11N5O/c1-3-11(14-9-18-19-10-14)7-12(4-1)16-20-15(21-22-16)13-5-2-6-17-8-13/h1-10H,(H,18,19). The first kappa shape index (κ1) is 12.5. The first-order valence-corrected chi connectivity index (χ1v) is 6.74. The first-order valence-electron chi connectivity index (χ1n) is 6.74. The van der Waals surface area contributed by atoms with E-state index in [0.717, 1.165) is 22.3 Å². The van der Waals surface area contributed by atoms with E-state index in [0.29, 0.717) is 11.7 Å². The maximum atomic E-state index is 5.37. The average Bonchev–Trinajstić information content (AvgIpc) is 3.28. The summed E-state index contributed by atoms with van der Waals surface area (Å²) in [6.45, 7) is 0. The van der Waals surface area contributed by atoms with Crippen LogP contribution in [0.1, 0.15) is 0 Å². The molecule has 0 bridgehead atoms. The molecule has 1 aromatic carbocycles. The van der Waals surface area contributed by atoms with E-state index in [9.17, 15) is 0 Å². The minimum Gasteiger partial charge on any atom is -0.334 e. The van der Waals surface area contributed by atoms with Crippen LogP contribution >= 0.6 is 0 Å². The summed E-state index contributed by atoms with van der Waals surface area (Å²) in [4.78, 5) is 8.49. The molecule has 0 fully saturated rings. The Labute approximate surface area is 125 Å². The third kappa shape index (κ3) is 2.26. The van der Waals surface area contributed by atoms with Gasteiger partial charge in [0, 0.05) is 35.3 Å². The molecule has 0 aliphatic heterocycles. The van der Waals surface area contributed by atoms with Gasteiger partial charge in [-0.2, -0.15) is 10.1 Å². The number of nitrogens with zero attached hydrogens (tertiary/aromatic N) is 4. The number of hydrogen-bond acceptors (Lipinski definition) is 5. The summed E-state index contributed by atoms with van der Waals surface area (Å²) in [5.74, 6) is 1.00. The largest absolute Gasteiger partial charge is 0.334 e. The van der Waals surface area contributed by atoms with Crippen molar-refractivity contribution in [1.29, 1.82) is 0 Å². The molecule has 22 heavy (non-hydrogen) atoms. The lowest BCUT2D eigenvalue weighted by molar-refractivity contribution is 0.432. The maximum Gasteiger partial charge on any atom is 0.258 e. The lowest BCUT2D eigenvalue weighted by Crippen LogP contribution is -1.82. The summed E-state index contributed by atoms with van der Waals surface area (Å²) in [6, 6.07) is 11.6. The second-order valence-electron chi connectivity index (χ2n) is 4.73. The molecule has 6 heteroatoms. The van der Waals surface area contributed by atoms with E-state index in [-0.39, 0.29) is 0 Å². The van der Waals surface area contributed by atoms with Gasteiger partial charge in [0.05, 0.1) is 6.20 Å². The van der Waals surface area contributed by atoms with E-state index in [1.165, 1.54) is 0 Å². The van der Waals surface area contributed by atoms with Crippen LogP contribution in [-0.4, -0.2) is 25.3 Å². The predicted molar refractivity (Wildman–Crippen MR) is 80.5 cm³/mol. The van der Waals surface area contributed by atoms with Gasteiger partial charge in [-0.3, -0.25) is 10.1 Å². The van der Waals surface area contributed by atoms with Crippen molar-refractivity contribution in [3.05, 3.63) is 61.2 Å². The molecule has 6 nitrogen and oxygen atoms in total. The second kappa shape index (κ2) is 5.25. The van der Waals surface area contributed by atoms with Gasteiger partial charge in [0.25, 0.3) is 5.89 Å². The van der Waals surface area contributed by atoms with Gasteiger partial charge in [-0.15, -0.1) is 0 Å². The molecule has 0 spiro atoms. The number of benzene rings is 1. The molecular formula is C16H11N5O. The van der Waals surface area contributed by atoms with Crippen LogP contribution in [-0.2, 0) is 0 Å². The Bertz CT molecular complexity index is 884. The minimum absolute atomic E-state index is 0.476. The molecule has 1 N–H and O–H groups in total. The molecule has 0 radical (unpaired) electrons. The van der Waals surface area contributed by atoms with Crippen LogP contribution in [0.2, 0.25) is 0 Å². The zero-order valence-electron chi connectivity index (χ0n) is 11.5. The Balaban J connectivity index is 1.71. The van der Waals surface area contributed by atoms with E-state index < -0.39 is 0 Å². The molecule has 0 atom stereocenters. The third-order valence-electron chi connectivity index (χ3n) is 3.29. The molecule has 3 heterocycles. The fourth-order valence-corrected chi connectivity index (χ4v) is 2.19. The smallest absolute Gasteiger partial charge is 0.258 e. The number of rotatable bonds is 3. The molecule has 0 amide bonds. The number of nitrogens with one attached hydrogen (secondary N) is 1. The Morgan fingerprint density at radius 1 is 0.909 bits per heavy atom. The molecule has 0 aliphatic carbocycles. The van der Waals surface area contributed by atoms with Crippen molar-refractivity contribution in [2.75, 3.05) is 0 Å². The third-order valence-corrected chi connectivity index (χ3v) is 3.29. The summed E-state index contributed by atoms with van der Waals surface area (Å²) in [7, 11) is 0. The average molecular weight is 289 g/mol. The van der Waals surface area contributed by atoms with E-state index >= 15 is 0 Å². The Hall–Kier alpha value is -3.28. The number of hydrogen-bond donors (Lipinski definition) is 1. The summed E-state index contributed by atoms with van der Waals surface area (Å²) in [5, 5.41) is 10.8. The van der Waals surface area contributed by atoms with Gasteiger partial charge in [0.15, 0.2) is 0 Å². The zero-order chi connectivity index (χ0) is 14.8. The van der Waals surface area contributed by atoms with Crippen LogP contribution in [0.25, 0.3) is 34.0 Å². The van der Waals surface area contributed by atoms with E-state index in [1.807, 2.05) is 42.6 Å². The molecule has 106 valence electrons. The summed E-state index contributed by atoms with van der Waals surface area (Å²) >= 11 is 0. The van der Waals surface area contributed by atoms with Crippen LogP contribution in [0.4, 0.5) is 0 Å². The summed E-state index contributed by atoms with van der Waals surface area (Å²) in [5.41, 5.74) is 3.73. The summed E-state index contributed by atoms with van der Waals surface area (Å²) < 4.78 is 5.37. The molecule has 4 aromatic rings. The van der Waals surface area contributed by atoms with Crippen LogP contribution in [0, 0.1) is 0 Å². The lowest BCUT2D eigenvalue weighted by atomic mass is 10.1. The fraction of sp³-hybridized carbons (Fsp3) is 0. The number of H-pyrrole nitrogens is 1. The van der Waals surface area contributed by atoms with Gasteiger partial charge in [-0.1, -0.05) is 17.3 Å². The van der Waals surface area contributed by atoms with Crippen LogP contribution in [0.3, 0.4) is 0 Å². The highest BCUT2D eigenvalue weighted by molar-refractivity contribution is 5.69. The van der Waals surface area contributed by atoms with Gasteiger partial charge >= 0.3 is 0 Å². The van der Waals surface area contributed by atoms with Crippen LogP contribution in [0.15, 0.2) is 65.7 Å². The molecule has 0 aliphatic rings. The second-order valence-corrected chi connectivity index (χ2v) is 4.73. The Kier molecular flexibility index (Phi) is 2.97. The molecule has 0 unspecified atom stereocenters.